The molecule has 3 N–H and O–H groups in total. The van der Waals surface area contributed by atoms with E-state index in [0.717, 1.165) is 32.5 Å². The Morgan fingerprint density at radius 3 is 2.84 bits per heavy atom. The van der Waals surface area contributed by atoms with E-state index >= 15 is 0 Å². The third-order valence-electron chi connectivity index (χ3n) is 3.72. The summed E-state index contributed by atoms with van der Waals surface area (Å²) in [5, 5.41) is 2.93. The molecule has 1 amide bonds. The molecule has 1 aliphatic heterocycles. The Morgan fingerprint density at radius 2 is 2.26 bits per heavy atom. The van der Waals surface area contributed by atoms with Crippen LogP contribution in [0.2, 0.25) is 0 Å². The van der Waals surface area contributed by atoms with Crippen molar-refractivity contribution in [3.63, 3.8) is 0 Å². The van der Waals surface area contributed by atoms with Gasteiger partial charge < -0.3 is 15.8 Å². The summed E-state index contributed by atoms with van der Waals surface area (Å²) in [6.45, 7) is 9.14. The maximum absolute atomic E-state index is 11.9. The van der Waals surface area contributed by atoms with Gasteiger partial charge in [-0.2, -0.15) is 0 Å². The molecule has 0 aliphatic carbocycles. The van der Waals surface area contributed by atoms with E-state index in [4.69, 9.17) is 10.5 Å². The zero-order valence-corrected chi connectivity index (χ0v) is 12.5. The average Bonchev–Trinajstić information content (AvgIpc) is 2.42. The van der Waals surface area contributed by atoms with Crippen LogP contribution in [0.1, 0.15) is 40.0 Å². The van der Waals surface area contributed by atoms with Crippen molar-refractivity contribution >= 4 is 5.91 Å². The highest BCUT2D eigenvalue weighted by Gasteiger charge is 2.31. The lowest BCUT2D eigenvalue weighted by atomic mass is 10.0. The molecule has 0 bridgehead atoms. The molecule has 3 atom stereocenters. The lowest BCUT2D eigenvalue weighted by molar-refractivity contribution is -0.124. The van der Waals surface area contributed by atoms with Crippen LogP contribution < -0.4 is 11.1 Å². The van der Waals surface area contributed by atoms with Crippen molar-refractivity contribution in [2.45, 2.75) is 58.2 Å². The van der Waals surface area contributed by atoms with Gasteiger partial charge in [0.1, 0.15) is 0 Å². The van der Waals surface area contributed by atoms with Crippen LogP contribution in [0.5, 0.6) is 0 Å². The second-order valence-corrected chi connectivity index (χ2v) is 5.35. The minimum absolute atomic E-state index is 0.103. The molecule has 0 radical (unpaired) electrons. The molecule has 0 aromatic heterocycles. The van der Waals surface area contributed by atoms with Gasteiger partial charge in [-0.1, -0.05) is 13.8 Å². The van der Waals surface area contributed by atoms with Gasteiger partial charge in [0.05, 0.1) is 12.7 Å². The quantitative estimate of drug-likeness (QED) is 0.716. The summed E-state index contributed by atoms with van der Waals surface area (Å²) in [6, 6.07) is 0.497. The van der Waals surface area contributed by atoms with Gasteiger partial charge in [-0.25, -0.2) is 0 Å². The number of rotatable bonds is 7. The van der Waals surface area contributed by atoms with E-state index in [0.29, 0.717) is 19.0 Å². The van der Waals surface area contributed by atoms with Crippen molar-refractivity contribution in [3.8, 4) is 0 Å². The largest absolute Gasteiger partial charge is 0.376 e. The maximum atomic E-state index is 11.9. The summed E-state index contributed by atoms with van der Waals surface area (Å²) in [5.74, 6) is 0.103. The molecule has 0 spiro atoms. The van der Waals surface area contributed by atoms with Crippen LogP contribution in [0.25, 0.3) is 0 Å². The van der Waals surface area contributed by atoms with Crippen LogP contribution in [0, 0.1) is 0 Å². The molecule has 5 nitrogen and oxygen atoms in total. The molecule has 0 aromatic rings. The average molecular weight is 271 g/mol. The van der Waals surface area contributed by atoms with Gasteiger partial charge in [0.25, 0.3) is 0 Å². The third kappa shape index (κ3) is 5.09. The first-order chi connectivity index (χ1) is 9.12. The number of morpholine rings is 1. The van der Waals surface area contributed by atoms with E-state index in [9.17, 15) is 4.79 Å². The molecule has 5 heteroatoms. The Kier molecular flexibility index (Phi) is 7.34. The Balaban J connectivity index is 2.57. The van der Waals surface area contributed by atoms with Crippen molar-refractivity contribution in [2.24, 2.45) is 5.73 Å². The molecule has 112 valence electrons. The first-order valence-corrected chi connectivity index (χ1v) is 7.46. The van der Waals surface area contributed by atoms with Crippen molar-refractivity contribution in [2.75, 3.05) is 26.2 Å². The fourth-order valence-electron chi connectivity index (χ4n) is 2.56. The molecule has 1 heterocycles. The molecular formula is C14H29N3O2. The topological polar surface area (TPSA) is 67.6 Å². The second-order valence-electron chi connectivity index (χ2n) is 5.35. The minimum atomic E-state index is 0.103. The van der Waals surface area contributed by atoms with Crippen molar-refractivity contribution in [1.29, 1.82) is 0 Å². The summed E-state index contributed by atoms with van der Waals surface area (Å²) in [7, 11) is 0. The number of ether oxygens (including phenoxy) is 1. The lowest BCUT2D eigenvalue weighted by Gasteiger charge is -2.42. The Hall–Kier alpha value is -0.650. The standard InChI is InChI=1S/C14H29N3O2/c1-4-6-16-14(18)7-13(8-15)17-9-11(3)19-10-12(17)5-2/h11-13H,4-10,15H2,1-3H3,(H,16,18). The Labute approximate surface area is 116 Å². The molecule has 0 aromatic carbocycles. The van der Waals surface area contributed by atoms with E-state index in [-0.39, 0.29) is 18.1 Å². The normalized spacial score (nSPS) is 26.1. The van der Waals surface area contributed by atoms with Gasteiger partial charge in [-0.05, 0) is 19.8 Å². The molecule has 19 heavy (non-hydrogen) atoms. The summed E-state index contributed by atoms with van der Waals surface area (Å²) in [6.07, 6.45) is 2.70. The van der Waals surface area contributed by atoms with Crippen LogP contribution in [0.4, 0.5) is 0 Å². The fraction of sp³-hybridized carbons (Fsp3) is 0.929. The molecule has 1 aliphatic rings. The molecule has 0 saturated carbocycles. The van der Waals surface area contributed by atoms with Gasteiger partial charge in [0, 0.05) is 38.1 Å². The molecule has 1 saturated heterocycles. The Bertz CT molecular complexity index is 273. The summed E-state index contributed by atoms with van der Waals surface area (Å²) in [5.41, 5.74) is 5.88. The van der Waals surface area contributed by atoms with Crippen molar-refractivity contribution in [3.05, 3.63) is 0 Å². The Morgan fingerprint density at radius 1 is 1.53 bits per heavy atom. The second kappa shape index (κ2) is 8.51. The summed E-state index contributed by atoms with van der Waals surface area (Å²) < 4.78 is 5.69. The summed E-state index contributed by atoms with van der Waals surface area (Å²) >= 11 is 0. The van der Waals surface area contributed by atoms with Crippen LogP contribution in [0.15, 0.2) is 0 Å². The van der Waals surface area contributed by atoms with E-state index < -0.39 is 0 Å². The molecule has 3 unspecified atom stereocenters. The van der Waals surface area contributed by atoms with Gasteiger partial charge >= 0.3 is 0 Å². The summed E-state index contributed by atoms with van der Waals surface area (Å²) in [4.78, 5) is 14.2. The van der Waals surface area contributed by atoms with Gasteiger partial charge in [0.15, 0.2) is 0 Å². The number of hydrogen-bond donors (Lipinski definition) is 2. The lowest BCUT2D eigenvalue weighted by Crippen LogP contribution is -2.56. The van der Waals surface area contributed by atoms with Gasteiger partial charge in [0.2, 0.25) is 5.91 Å². The predicted molar refractivity (Wildman–Crippen MR) is 77.0 cm³/mol. The molecule has 1 fully saturated rings. The minimum Gasteiger partial charge on any atom is -0.376 e. The van der Waals surface area contributed by atoms with Gasteiger partial charge in [-0.3, -0.25) is 9.69 Å². The van der Waals surface area contributed by atoms with Crippen LogP contribution in [-0.2, 0) is 9.53 Å². The van der Waals surface area contributed by atoms with Crippen molar-refractivity contribution < 1.29 is 9.53 Å². The van der Waals surface area contributed by atoms with E-state index in [1.807, 2.05) is 0 Å². The fourth-order valence-corrected chi connectivity index (χ4v) is 2.56. The van der Waals surface area contributed by atoms with E-state index in [1.54, 1.807) is 0 Å². The highest BCUT2D eigenvalue weighted by atomic mass is 16.5. The smallest absolute Gasteiger partial charge is 0.221 e. The van der Waals surface area contributed by atoms with Crippen LogP contribution in [0.3, 0.4) is 0 Å². The molecule has 1 rings (SSSR count). The monoisotopic (exact) mass is 271 g/mol. The number of carbonyl (C=O) groups excluding carboxylic acids is 1. The number of nitrogens with one attached hydrogen (secondary N) is 1. The number of carbonyl (C=O) groups is 1. The van der Waals surface area contributed by atoms with E-state index in [2.05, 4.69) is 31.0 Å². The first kappa shape index (κ1) is 16.4. The molecular weight excluding hydrogens is 242 g/mol. The maximum Gasteiger partial charge on any atom is 0.221 e. The zero-order chi connectivity index (χ0) is 14.3. The first-order valence-electron chi connectivity index (χ1n) is 7.46. The number of hydrogen-bond acceptors (Lipinski definition) is 4. The van der Waals surface area contributed by atoms with Crippen LogP contribution >= 0.6 is 0 Å². The highest BCUT2D eigenvalue weighted by Crippen LogP contribution is 2.18. The number of nitrogens with two attached hydrogens (primary N) is 1. The van der Waals surface area contributed by atoms with Gasteiger partial charge in [-0.15, -0.1) is 0 Å². The number of amides is 1. The van der Waals surface area contributed by atoms with Crippen molar-refractivity contribution in [1.82, 2.24) is 10.2 Å². The third-order valence-corrected chi connectivity index (χ3v) is 3.72. The predicted octanol–water partition coefficient (Wildman–Crippen LogP) is 0.729. The highest BCUT2D eigenvalue weighted by molar-refractivity contribution is 5.76. The van der Waals surface area contributed by atoms with Crippen LogP contribution in [-0.4, -0.2) is 55.2 Å². The zero-order valence-electron chi connectivity index (χ0n) is 12.5. The van der Waals surface area contributed by atoms with E-state index in [1.165, 1.54) is 0 Å². The number of nitrogens with zero attached hydrogens (tertiary/aromatic N) is 1. The SMILES string of the molecule is CCCNC(=O)CC(CN)N1CC(C)OCC1CC.